The molecule has 0 spiro atoms. The second-order valence-corrected chi connectivity index (χ2v) is 7.43. The second kappa shape index (κ2) is 7.58. The van der Waals surface area contributed by atoms with E-state index in [9.17, 15) is 14.4 Å². The van der Waals surface area contributed by atoms with Gasteiger partial charge in [0, 0.05) is 5.56 Å². The summed E-state index contributed by atoms with van der Waals surface area (Å²) in [5.41, 5.74) is 3.18. The minimum Gasteiger partial charge on any atom is -0.319 e. The van der Waals surface area contributed by atoms with Crippen molar-refractivity contribution in [3.63, 3.8) is 0 Å². The normalized spacial score (nSPS) is 19.1. The number of imide groups is 1. The second-order valence-electron chi connectivity index (χ2n) is 7.43. The predicted molar refractivity (Wildman–Crippen MR) is 108 cm³/mol. The van der Waals surface area contributed by atoms with Gasteiger partial charge in [-0.3, -0.25) is 14.5 Å². The third-order valence-corrected chi connectivity index (χ3v) is 5.47. The summed E-state index contributed by atoms with van der Waals surface area (Å²) < 4.78 is 0. The molecular weight excluding hydrogens is 352 g/mol. The standard InChI is InChI=1S/C23H26N2O3/c1-5-16-9-10-17(6-2)19(13-16)20(26)14-25-21(27)23(4,24-22(25)28)18-11-7-15(3)8-12-18/h7-13H,5-6,14H2,1-4H3,(H,24,28)/t23-/m0/s1. The van der Waals surface area contributed by atoms with Crippen LogP contribution in [-0.2, 0) is 23.2 Å². The molecule has 1 fully saturated rings. The van der Waals surface area contributed by atoms with Crippen molar-refractivity contribution in [2.75, 3.05) is 6.54 Å². The van der Waals surface area contributed by atoms with Gasteiger partial charge in [-0.25, -0.2) is 4.79 Å². The third kappa shape index (κ3) is 3.44. The number of carbonyl (C=O) groups excluding carboxylic acids is 3. The number of benzene rings is 2. The van der Waals surface area contributed by atoms with E-state index in [4.69, 9.17) is 0 Å². The highest BCUT2D eigenvalue weighted by Gasteiger charge is 2.49. The molecular formula is C23H26N2O3. The van der Waals surface area contributed by atoms with Gasteiger partial charge >= 0.3 is 6.03 Å². The van der Waals surface area contributed by atoms with Gasteiger partial charge in [0.05, 0.1) is 6.54 Å². The van der Waals surface area contributed by atoms with Crippen molar-refractivity contribution in [1.29, 1.82) is 0 Å². The molecule has 1 saturated heterocycles. The molecule has 0 unspecified atom stereocenters. The number of rotatable bonds is 6. The van der Waals surface area contributed by atoms with Gasteiger partial charge in [-0.1, -0.05) is 55.8 Å². The Balaban J connectivity index is 1.87. The molecule has 5 heteroatoms. The van der Waals surface area contributed by atoms with Gasteiger partial charge in [0.15, 0.2) is 5.78 Å². The maximum atomic E-state index is 13.1. The lowest BCUT2D eigenvalue weighted by atomic mass is 9.91. The number of ketones is 1. The van der Waals surface area contributed by atoms with Crippen LogP contribution in [0.5, 0.6) is 0 Å². The summed E-state index contributed by atoms with van der Waals surface area (Å²) in [6, 6.07) is 12.8. The van der Waals surface area contributed by atoms with Gasteiger partial charge in [-0.05, 0) is 49.4 Å². The van der Waals surface area contributed by atoms with Crippen LogP contribution < -0.4 is 5.32 Å². The number of aryl methyl sites for hydroxylation is 3. The lowest BCUT2D eigenvalue weighted by Gasteiger charge is -2.22. The minimum atomic E-state index is -1.16. The fourth-order valence-electron chi connectivity index (χ4n) is 3.56. The fourth-order valence-corrected chi connectivity index (χ4v) is 3.56. The van der Waals surface area contributed by atoms with Gasteiger partial charge in [0.1, 0.15) is 5.54 Å². The summed E-state index contributed by atoms with van der Waals surface area (Å²) in [5.74, 6) is -0.622. The van der Waals surface area contributed by atoms with Crippen LogP contribution in [-0.4, -0.2) is 29.2 Å². The zero-order valence-corrected chi connectivity index (χ0v) is 16.8. The Labute approximate surface area is 165 Å². The number of urea groups is 1. The summed E-state index contributed by atoms with van der Waals surface area (Å²) in [6.07, 6.45) is 1.53. The topological polar surface area (TPSA) is 66.5 Å². The van der Waals surface area contributed by atoms with E-state index in [2.05, 4.69) is 5.32 Å². The van der Waals surface area contributed by atoms with Crippen LogP contribution in [0.15, 0.2) is 42.5 Å². The number of hydrogen-bond acceptors (Lipinski definition) is 3. The maximum absolute atomic E-state index is 13.1. The Kier molecular flexibility index (Phi) is 5.36. The van der Waals surface area contributed by atoms with Crippen LogP contribution in [0.3, 0.4) is 0 Å². The van der Waals surface area contributed by atoms with Crippen molar-refractivity contribution in [3.05, 3.63) is 70.3 Å². The molecule has 146 valence electrons. The molecule has 0 aliphatic carbocycles. The lowest BCUT2D eigenvalue weighted by Crippen LogP contribution is -2.41. The van der Waals surface area contributed by atoms with E-state index in [1.165, 1.54) is 0 Å². The Morgan fingerprint density at radius 1 is 1.04 bits per heavy atom. The fraction of sp³-hybridized carbons (Fsp3) is 0.348. The number of amides is 3. The van der Waals surface area contributed by atoms with Gasteiger partial charge in [0.2, 0.25) is 0 Å². The molecule has 3 amide bonds. The third-order valence-electron chi connectivity index (χ3n) is 5.47. The summed E-state index contributed by atoms with van der Waals surface area (Å²) >= 11 is 0. The molecule has 1 atom stereocenters. The van der Waals surface area contributed by atoms with Crippen molar-refractivity contribution in [3.8, 4) is 0 Å². The highest BCUT2D eigenvalue weighted by atomic mass is 16.2. The first-order chi connectivity index (χ1) is 13.3. The van der Waals surface area contributed by atoms with Crippen molar-refractivity contribution < 1.29 is 14.4 Å². The van der Waals surface area contributed by atoms with Gasteiger partial charge in [0.25, 0.3) is 5.91 Å². The van der Waals surface area contributed by atoms with E-state index in [0.29, 0.717) is 17.5 Å². The van der Waals surface area contributed by atoms with Crippen LogP contribution in [0.1, 0.15) is 53.4 Å². The number of hydrogen-bond donors (Lipinski definition) is 1. The number of nitrogens with one attached hydrogen (secondary N) is 1. The first-order valence-electron chi connectivity index (χ1n) is 9.66. The largest absolute Gasteiger partial charge is 0.325 e. The van der Waals surface area contributed by atoms with Gasteiger partial charge in [-0.15, -0.1) is 0 Å². The molecule has 1 N–H and O–H groups in total. The van der Waals surface area contributed by atoms with E-state index in [1.807, 2.05) is 63.2 Å². The molecule has 2 aromatic rings. The summed E-state index contributed by atoms with van der Waals surface area (Å²) in [6.45, 7) is 7.39. The van der Waals surface area contributed by atoms with Crippen LogP contribution >= 0.6 is 0 Å². The quantitative estimate of drug-likeness (QED) is 0.615. The molecule has 0 radical (unpaired) electrons. The van der Waals surface area contributed by atoms with Crippen molar-refractivity contribution >= 4 is 17.7 Å². The van der Waals surface area contributed by atoms with Gasteiger partial charge < -0.3 is 5.32 Å². The first kappa shape index (κ1) is 19.8. The highest BCUT2D eigenvalue weighted by molar-refractivity contribution is 6.11. The van der Waals surface area contributed by atoms with E-state index in [1.54, 1.807) is 6.92 Å². The molecule has 0 aromatic heterocycles. The van der Waals surface area contributed by atoms with Crippen molar-refractivity contribution in [2.45, 2.75) is 46.1 Å². The monoisotopic (exact) mass is 378 g/mol. The lowest BCUT2D eigenvalue weighted by molar-refractivity contribution is -0.130. The van der Waals surface area contributed by atoms with E-state index in [0.717, 1.165) is 28.0 Å². The molecule has 5 nitrogen and oxygen atoms in total. The molecule has 1 aliphatic rings. The zero-order valence-electron chi connectivity index (χ0n) is 16.8. The Morgan fingerprint density at radius 3 is 2.32 bits per heavy atom. The van der Waals surface area contributed by atoms with Gasteiger partial charge in [-0.2, -0.15) is 0 Å². The Hall–Kier alpha value is -2.95. The summed E-state index contributed by atoms with van der Waals surface area (Å²) in [7, 11) is 0. The van der Waals surface area contributed by atoms with E-state index >= 15 is 0 Å². The number of carbonyl (C=O) groups is 3. The molecule has 1 heterocycles. The van der Waals surface area contributed by atoms with E-state index < -0.39 is 17.5 Å². The molecule has 2 aromatic carbocycles. The molecule has 1 aliphatic heterocycles. The summed E-state index contributed by atoms with van der Waals surface area (Å²) in [5, 5.41) is 2.76. The van der Waals surface area contributed by atoms with Crippen LogP contribution in [0.2, 0.25) is 0 Å². The van der Waals surface area contributed by atoms with Crippen LogP contribution in [0.4, 0.5) is 4.79 Å². The predicted octanol–water partition coefficient (Wildman–Crippen LogP) is 3.77. The first-order valence-corrected chi connectivity index (χ1v) is 9.66. The molecule has 0 saturated carbocycles. The highest BCUT2D eigenvalue weighted by Crippen LogP contribution is 2.29. The molecule has 28 heavy (non-hydrogen) atoms. The number of nitrogens with zero attached hydrogens (tertiary/aromatic N) is 1. The Morgan fingerprint density at radius 2 is 1.71 bits per heavy atom. The minimum absolute atomic E-state index is 0.219. The number of Topliss-reactive ketones (excluding diaryl/α,β-unsaturated/α-hetero) is 1. The molecule has 0 bridgehead atoms. The Bertz CT molecular complexity index is 933. The van der Waals surface area contributed by atoms with Crippen molar-refractivity contribution in [1.82, 2.24) is 10.2 Å². The SMILES string of the molecule is CCc1ccc(CC)c(C(=O)CN2C(=O)N[C@@](C)(c3ccc(C)cc3)C2=O)c1. The van der Waals surface area contributed by atoms with Crippen LogP contribution in [0.25, 0.3) is 0 Å². The van der Waals surface area contributed by atoms with Crippen molar-refractivity contribution in [2.24, 2.45) is 0 Å². The smallest absolute Gasteiger partial charge is 0.319 e. The molecule has 3 rings (SSSR count). The maximum Gasteiger partial charge on any atom is 0.325 e. The average Bonchev–Trinajstić information content (AvgIpc) is 2.91. The zero-order chi connectivity index (χ0) is 20.5. The van der Waals surface area contributed by atoms with E-state index in [-0.39, 0.29) is 12.3 Å². The van der Waals surface area contributed by atoms with Crippen LogP contribution in [0, 0.1) is 6.92 Å². The summed E-state index contributed by atoms with van der Waals surface area (Å²) in [4.78, 5) is 39.6. The average molecular weight is 378 g/mol.